The van der Waals surface area contributed by atoms with Gasteiger partial charge in [0.1, 0.15) is 5.38 Å². The lowest BCUT2D eigenvalue weighted by Gasteiger charge is -2.20. The van der Waals surface area contributed by atoms with Crippen molar-refractivity contribution >= 4 is 17.5 Å². The molecule has 0 aromatic heterocycles. The van der Waals surface area contributed by atoms with E-state index in [-0.39, 0.29) is 5.91 Å². The number of halogens is 1. The van der Waals surface area contributed by atoms with Crippen molar-refractivity contribution in [3.63, 3.8) is 0 Å². The van der Waals surface area contributed by atoms with Crippen LogP contribution in [0.2, 0.25) is 0 Å². The maximum absolute atomic E-state index is 12.0. The third kappa shape index (κ3) is 4.23. The van der Waals surface area contributed by atoms with E-state index in [1.807, 2.05) is 36.4 Å². The van der Waals surface area contributed by atoms with Crippen LogP contribution < -0.4 is 0 Å². The van der Waals surface area contributed by atoms with Gasteiger partial charge in [0.05, 0.1) is 0 Å². The van der Waals surface area contributed by atoms with Crippen LogP contribution in [-0.2, 0) is 4.79 Å². The first-order valence-electron chi connectivity index (χ1n) is 5.71. The van der Waals surface area contributed by atoms with Gasteiger partial charge in [-0.25, -0.2) is 0 Å². The number of carbonyl (C=O) groups is 1. The maximum Gasteiger partial charge on any atom is 0.244 e. The van der Waals surface area contributed by atoms with E-state index in [1.165, 1.54) is 0 Å². The summed E-state index contributed by atoms with van der Waals surface area (Å²) in [5, 5.41) is -0.593. The number of hydrogen-bond acceptors (Lipinski definition) is 1. The lowest BCUT2D eigenvalue weighted by molar-refractivity contribution is -0.129. The van der Waals surface area contributed by atoms with Crippen molar-refractivity contribution in [2.24, 2.45) is 0 Å². The number of allylic oxidation sites excluding steroid dienone is 1. The Hall–Kier alpha value is -1.28. The predicted molar refractivity (Wildman–Crippen MR) is 72.1 cm³/mol. The molecule has 0 fully saturated rings. The van der Waals surface area contributed by atoms with Crippen LogP contribution in [0.25, 0.3) is 0 Å². The number of likely N-dealkylation sites (N-methyl/N-ethyl adjacent to an activating group) is 1. The molecule has 1 unspecified atom stereocenters. The van der Waals surface area contributed by atoms with Crippen molar-refractivity contribution in [3.8, 4) is 0 Å². The number of rotatable bonds is 6. The Morgan fingerprint density at radius 2 is 2.12 bits per heavy atom. The van der Waals surface area contributed by atoms with E-state index < -0.39 is 5.38 Å². The van der Waals surface area contributed by atoms with Gasteiger partial charge in [-0.1, -0.05) is 36.4 Å². The molecule has 1 rings (SSSR count). The molecule has 1 aromatic rings. The first-order chi connectivity index (χ1) is 8.16. The summed E-state index contributed by atoms with van der Waals surface area (Å²) >= 11 is 6.15. The molecule has 0 saturated carbocycles. The van der Waals surface area contributed by atoms with Crippen molar-refractivity contribution in [1.82, 2.24) is 4.90 Å². The molecule has 0 aliphatic rings. The smallest absolute Gasteiger partial charge is 0.244 e. The van der Waals surface area contributed by atoms with Gasteiger partial charge in [0.2, 0.25) is 5.91 Å². The molecule has 0 heterocycles. The van der Waals surface area contributed by atoms with E-state index in [4.69, 9.17) is 11.6 Å². The van der Waals surface area contributed by atoms with Gasteiger partial charge in [0.25, 0.3) is 0 Å². The zero-order chi connectivity index (χ0) is 12.7. The highest BCUT2D eigenvalue weighted by molar-refractivity contribution is 6.30. The van der Waals surface area contributed by atoms with Crippen molar-refractivity contribution in [2.75, 3.05) is 13.6 Å². The number of amides is 1. The highest BCUT2D eigenvalue weighted by Gasteiger charge is 2.20. The molecule has 3 heteroatoms. The minimum Gasteiger partial charge on any atom is -0.344 e. The minimum atomic E-state index is -0.593. The standard InChI is InChI=1S/C14H18ClNO/c1-3-4-8-11-16(2)14(17)13(15)12-9-6-5-7-10-12/h3,5-7,9-10,13H,1,4,8,11H2,2H3. The molecule has 0 aliphatic carbocycles. The maximum atomic E-state index is 12.0. The molecule has 1 amide bonds. The monoisotopic (exact) mass is 251 g/mol. The average molecular weight is 252 g/mol. The highest BCUT2D eigenvalue weighted by atomic mass is 35.5. The van der Waals surface area contributed by atoms with Crippen LogP contribution in [0.1, 0.15) is 23.8 Å². The Kier molecular flexibility index (Phi) is 5.78. The van der Waals surface area contributed by atoms with Crippen LogP contribution in [0.4, 0.5) is 0 Å². The molecule has 0 spiro atoms. The van der Waals surface area contributed by atoms with Crippen molar-refractivity contribution in [1.29, 1.82) is 0 Å². The van der Waals surface area contributed by atoms with E-state index in [9.17, 15) is 4.79 Å². The summed E-state index contributed by atoms with van der Waals surface area (Å²) < 4.78 is 0. The van der Waals surface area contributed by atoms with Crippen LogP contribution >= 0.6 is 11.6 Å². The molecule has 1 aromatic carbocycles. The van der Waals surface area contributed by atoms with Gasteiger partial charge in [-0.05, 0) is 18.4 Å². The quantitative estimate of drug-likeness (QED) is 0.431. The van der Waals surface area contributed by atoms with Gasteiger partial charge < -0.3 is 4.90 Å². The lowest BCUT2D eigenvalue weighted by Crippen LogP contribution is -2.30. The zero-order valence-corrected chi connectivity index (χ0v) is 10.9. The molecule has 2 nitrogen and oxygen atoms in total. The van der Waals surface area contributed by atoms with E-state index >= 15 is 0 Å². The van der Waals surface area contributed by atoms with Gasteiger partial charge in [0, 0.05) is 13.6 Å². The second-order valence-corrected chi connectivity index (χ2v) is 4.40. The van der Waals surface area contributed by atoms with Crippen LogP contribution in [0.3, 0.4) is 0 Å². The Morgan fingerprint density at radius 1 is 1.47 bits per heavy atom. The first kappa shape index (κ1) is 13.8. The number of nitrogens with zero attached hydrogens (tertiary/aromatic N) is 1. The van der Waals surface area contributed by atoms with Gasteiger partial charge in [-0.3, -0.25) is 4.79 Å². The molecule has 1 atom stereocenters. The lowest BCUT2D eigenvalue weighted by atomic mass is 10.1. The summed E-state index contributed by atoms with van der Waals surface area (Å²) in [4.78, 5) is 13.7. The number of carbonyl (C=O) groups excluding carboxylic acids is 1. The number of alkyl halides is 1. The molecule has 92 valence electrons. The molecule has 0 bridgehead atoms. The van der Waals surface area contributed by atoms with Crippen molar-refractivity contribution in [3.05, 3.63) is 48.6 Å². The molecular weight excluding hydrogens is 234 g/mol. The number of hydrogen-bond donors (Lipinski definition) is 0. The van der Waals surface area contributed by atoms with Gasteiger partial charge in [-0.15, -0.1) is 18.2 Å². The fourth-order valence-electron chi connectivity index (χ4n) is 1.54. The summed E-state index contributed by atoms with van der Waals surface area (Å²) in [6.07, 6.45) is 3.69. The Balaban J connectivity index is 2.54. The topological polar surface area (TPSA) is 20.3 Å². The molecule has 0 radical (unpaired) electrons. The normalized spacial score (nSPS) is 11.9. The van der Waals surface area contributed by atoms with E-state index in [1.54, 1.807) is 11.9 Å². The van der Waals surface area contributed by atoms with Crippen LogP contribution in [0.5, 0.6) is 0 Å². The van der Waals surface area contributed by atoms with Crippen molar-refractivity contribution < 1.29 is 4.79 Å². The van der Waals surface area contributed by atoms with E-state index in [0.717, 1.165) is 18.4 Å². The van der Waals surface area contributed by atoms with Crippen LogP contribution in [0, 0.1) is 0 Å². The Morgan fingerprint density at radius 3 is 2.71 bits per heavy atom. The van der Waals surface area contributed by atoms with Gasteiger partial charge in [0.15, 0.2) is 0 Å². The minimum absolute atomic E-state index is 0.0538. The predicted octanol–water partition coefficient (Wildman–Crippen LogP) is 3.39. The van der Waals surface area contributed by atoms with Crippen LogP contribution in [0.15, 0.2) is 43.0 Å². The largest absolute Gasteiger partial charge is 0.344 e. The first-order valence-corrected chi connectivity index (χ1v) is 6.15. The highest BCUT2D eigenvalue weighted by Crippen LogP contribution is 2.22. The molecule has 0 N–H and O–H groups in total. The third-order valence-corrected chi connectivity index (χ3v) is 3.03. The fourth-order valence-corrected chi connectivity index (χ4v) is 1.85. The zero-order valence-electron chi connectivity index (χ0n) is 10.1. The molecular formula is C14H18ClNO. The SMILES string of the molecule is C=CCCCN(C)C(=O)C(Cl)c1ccccc1. The second kappa shape index (κ2) is 7.13. The average Bonchev–Trinajstić information content (AvgIpc) is 2.38. The summed E-state index contributed by atoms with van der Waals surface area (Å²) in [6.45, 7) is 4.36. The summed E-state index contributed by atoms with van der Waals surface area (Å²) in [7, 11) is 1.78. The summed E-state index contributed by atoms with van der Waals surface area (Å²) in [5.41, 5.74) is 0.842. The summed E-state index contributed by atoms with van der Waals surface area (Å²) in [5.74, 6) is -0.0538. The van der Waals surface area contributed by atoms with E-state index in [2.05, 4.69) is 6.58 Å². The van der Waals surface area contributed by atoms with Gasteiger partial charge in [-0.2, -0.15) is 0 Å². The summed E-state index contributed by atoms with van der Waals surface area (Å²) in [6, 6.07) is 9.41. The Labute approximate surface area is 108 Å². The Bertz CT molecular complexity index is 364. The van der Waals surface area contributed by atoms with Crippen LogP contribution in [-0.4, -0.2) is 24.4 Å². The third-order valence-electron chi connectivity index (χ3n) is 2.59. The molecule has 17 heavy (non-hydrogen) atoms. The fraction of sp³-hybridized carbons (Fsp3) is 0.357. The molecule has 0 aliphatic heterocycles. The van der Waals surface area contributed by atoms with Crippen molar-refractivity contribution in [2.45, 2.75) is 18.2 Å². The van der Waals surface area contributed by atoms with E-state index in [0.29, 0.717) is 6.54 Å². The molecule has 0 saturated heterocycles. The van der Waals surface area contributed by atoms with Gasteiger partial charge >= 0.3 is 0 Å². The number of benzene rings is 1. The number of unbranched alkanes of at least 4 members (excludes halogenated alkanes) is 1. The second-order valence-electron chi connectivity index (χ2n) is 3.96.